The summed E-state index contributed by atoms with van der Waals surface area (Å²) in [4.78, 5) is 38.2. The highest BCUT2D eigenvalue weighted by molar-refractivity contribution is 8.01. The Kier molecular flexibility index (Phi) is 6.08. The van der Waals surface area contributed by atoms with Crippen molar-refractivity contribution in [3.63, 3.8) is 0 Å². The van der Waals surface area contributed by atoms with Gasteiger partial charge in [0.05, 0.1) is 11.0 Å². The van der Waals surface area contributed by atoms with Crippen LogP contribution >= 0.6 is 11.8 Å². The summed E-state index contributed by atoms with van der Waals surface area (Å²) in [5.74, 6) is -0.103. The lowest BCUT2D eigenvalue weighted by Crippen LogP contribution is -2.47. The Labute approximate surface area is 162 Å². The molecule has 1 aliphatic heterocycles. The van der Waals surface area contributed by atoms with Crippen molar-refractivity contribution in [2.75, 3.05) is 11.1 Å². The summed E-state index contributed by atoms with van der Waals surface area (Å²) in [6.45, 7) is 3.44. The molecule has 9 heteroatoms. The zero-order chi connectivity index (χ0) is 19.6. The number of carboxylic acids is 1. The zero-order valence-electron chi connectivity index (χ0n) is 15.5. The van der Waals surface area contributed by atoms with Gasteiger partial charge in [0.25, 0.3) is 0 Å². The molecule has 27 heavy (non-hydrogen) atoms. The maximum atomic E-state index is 12.8. The number of hydrogen-bond donors (Lipinski definition) is 2. The predicted octanol–water partition coefficient (Wildman–Crippen LogP) is 2.29. The monoisotopic (exact) mass is 395 g/mol. The fourth-order valence-corrected chi connectivity index (χ4v) is 4.79. The maximum absolute atomic E-state index is 12.8. The van der Waals surface area contributed by atoms with Crippen LogP contribution in [0.1, 0.15) is 44.8 Å². The third-order valence-electron chi connectivity index (χ3n) is 5.37. The fourth-order valence-electron chi connectivity index (χ4n) is 4.04. The Hall–Kier alpha value is -2.03. The van der Waals surface area contributed by atoms with Crippen LogP contribution in [0.4, 0.5) is 5.82 Å². The molecular weight excluding hydrogens is 370 g/mol. The Morgan fingerprint density at radius 3 is 2.81 bits per heavy atom. The Bertz CT molecular complexity index is 722. The molecule has 1 aliphatic carbocycles. The van der Waals surface area contributed by atoms with E-state index < -0.39 is 17.3 Å². The number of nitrogens with zero attached hydrogens (tertiary/aromatic N) is 2. The quantitative estimate of drug-likeness (QED) is 0.760. The Morgan fingerprint density at radius 1 is 1.41 bits per heavy atom. The first-order valence-corrected chi connectivity index (χ1v) is 10.3. The van der Waals surface area contributed by atoms with Gasteiger partial charge in [-0.3, -0.25) is 9.59 Å². The summed E-state index contributed by atoms with van der Waals surface area (Å²) >= 11 is 1.20. The molecule has 8 nitrogen and oxygen atoms in total. The molecule has 1 aromatic heterocycles. The first-order chi connectivity index (χ1) is 12.9. The summed E-state index contributed by atoms with van der Waals surface area (Å²) in [6.07, 6.45) is 4.52. The van der Waals surface area contributed by atoms with E-state index in [1.165, 1.54) is 11.8 Å². The van der Waals surface area contributed by atoms with Crippen molar-refractivity contribution in [3.05, 3.63) is 11.8 Å². The molecule has 4 unspecified atom stereocenters. The van der Waals surface area contributed by atoms with Crippen molar-refractivity contribution in [1.29, 1.82) is 0 Å². The lowest BCUT2D eigenvalue weighted by molar-refractivity contribution is -0.148. The molecule has 1 aromatic rings. The number of aliphatic carboxylic acids is 1. The number of likely N-dealkylation sites (tertiary alicyclic amines) is 1. The number of nitrogens with one attached hydrogen (secondary N) is 1. The molecule has 0 bridgehead atoms. The molecule has 2 fully saturated rings. The number of aryl methyl sites for hydroxylation is 1. The molecule has 2 aliphatic rings. The van der Waals surface area contributed by atoms with Gasteiger partial charge < -0.3 is 19.8 Å². The minimum absolute atomic E-state index is 0.0233. The molecule has 0 spiro atoms. The van der Waals surface area contributed by atoms with Crippen LogP contribution < -0.4 is 5.32 Å². The van der Waals surface area contributed by atoms with Crippen molar-refractivity contribution in [1.82, 2.24) is 10.1 Å². The number of carbonyl (C=O) groups is 3. The predicted molar refractivity (Wildman–Crippen MR) is 100 cm³/mol. The summed E-state index contributed by atoms with van der Waals surface area (Å²) in [5.41, 5.74) is 0. The Morgan fingerprint density at radius 2 is 2.15 bits per heavy atom. The summed E-state index contributed by atoms with van der Waals surface area (Å²) in [7, 11) is 0. The molecule has 0 radical (unpaired) electrons. The van der Waals surface area contributed by atoms with Gasteiger partial charge in [-0.05, 0) is 39.0 Å². The third-order valence-corrected chi connectivity index (χ3v) is 6.49. The largest absolute Gasteiger partial charge is 0.480 e. The number of fused-ring (bicyclic) bond motifs is 1. The van der Waals surface area contributed by atoms with Crippen LogP contribution in [0.5, 0.6) is 0 Å². The zero-order valence-corrected chi connectivity index (χ0v) is 16.3. The van der Waals surface area contributed by atoms with E-state index in [1.807, 2.05) is 0 Å². The van der Waals surface area contributed by atoms with Crippen LogP contribution in [-0.2, 0) is 14.4 Å². The van der Waals surface area contributed by atoms with Gasteiger partial charge in [-0.2, -0.15) is 0 Å². The average molecular weight is 395 g/mol. The molecule has 2 N–H and O–H groups in total. The minimum Gasteiger partial charge on any atom is -0.480 e. The second-order valence-electron chi connectivity index (χ2n) is 7.27. The van der Waals surface area contributed by atoms with Crippen molar-refractivity contribution in [2.24, 2.45) is 5.92 Å². The molecule has 3 rings (SSSR count). The standard InChI is InChI=1S/C18H25N3O5S/c1-10-7-15(20-26-10)19-17(23)11(2)27-9-16(22)21-13-6-4-3-5-12(13)8-14(21)18(24)25/h7,11-14H,3-6,8-9H2,1-2H3,(H,24,25)(H,19,20,23). The third kappa shape index (κ3) is 4.45. The first-order valence-electron chi connectivity index (χ1n) is 9.26. The molecule has 2 heterocycles. The van der Waals surface area contributed by atoms with Crippen molar-refractivity contribution in [3.8, 4) is 0 Å². The number of anilines is 1. The van der Waals surface area contributed by atoms with E-state index in [2.05, 4.69) is 10.5 Å². The second kappa shape index (κ2) is 8.33. The molecule has 1 saturated heterocycles. The molecule has 0 aromatic carbocycles. The maximum Gasteiger partial charge on any atom is 0.326 e. The summed E-state index contributed by atoms with van der Waals surface area (Å²) < 4.78 is 4.91. The number of amides is 2. The molecular formula is C18H25N3O5S. The van der Waals surface area contributed by atoms with Crippen LogP contribution in [0, 0.1) is 12.8 Å². The van der Waals surface area contributed by atoms with Gasteiger partial charge in [-0.1, -0.05) is 18.0 Å². The highest BCUT2D eigenvalue weighted by Crippen LogP contribution is 2.40. The number of carbonyl (C=O) groups excluding carboxylic acids is 2. The van der Waals surface area contributed by atoms with E-state index in [0.717, 1.165) is 25.7 Å². The van der Waals surface area contributed by atoms with Gasteiger partial charge in [0.15, 0.2) is 5.82 Å². The summed E-state index contributed by atoms with van der Waals surface area (Å²) in [6, 6.07) is 0.898. The van der Waals surface area contributed by atoms with E-state index in [1.54, 1.807) is 24.8 Å². The second-order valence-corrected chi connectivity index (χ2v) is 8.60. The highest BCUT2D eigenvalue weighted by atomic mass is 32.2. The number of hydrogen-bond acceptors (Lipinski definition) is 6. The Balaban J connectivity index is 1.56. The number of aromatic nitrogens is 1. The van der Waals surface area contributed by atoms with Crippen LogP contribution in [0.3, 0.4) is 0 Å². The van der Waals surface area contributed by atoms with Gasteiger partial charge in [-0.15, -0.1) is 11.8 Å². The topological polar surface area (TPSA) is 113 Å². The van der Waals surface area contributed by atoms with Crippen molar-refractivity contribution < 1.29 is 24.0 Å². The number of rotatable bonds is 6. The molecule has 148 valence electrons. The number of carboxylic acid groups (broad SMARTS) is 1. The molecule has 1 saturated carbocycles. The normalized spacial score (nSPS) is 25.7. The number of thioether (sulfide) groups is 1. The van der Waals surface area contributed by atoms with Gasteiger partial charge >= 0.3 is 5.97 Å². The smallest absolute Gasteiger partial charge is 0.326 e. The lowest BCUT2D eigenvalue weighted by atomic mass is 9.85. The van der Waals surface area contributed by atoms with Gasteiger partial charge in [0, 0.05) is 12.1 Å². The lowest BCUT2D eigenvalue weighted by Gasteiger charge is -2.33. The van der Waals surface area contributed by atoms with Crippen LogP contribution in [0.15, 0.2) is 10.6 Å². The fraction of sp³-hybridized carbons (Fsp3) is 0.667. The van der Waals surface area contributed by atoms with Crippen molar-refractivity contribution >= 4 is 35.4 Å². The molecule has 2 amide bonds. The van der Waals surface area contributed by atoms with Crippen LogP contribution in [0.2, 0.25) is 0 Å². The first kappa shape index (κ1) is 19.7. The SMILES string of the molecule is Cc1cc(NC(=O)C(C)SCC(=O)N2C(C(=O)O)CC3CCCCC32)no1. The minimum atomic E-state index is -0.935. The van der Waals surface area contributed by atoms with E-state index >= 15 is 0 Å². The van der Waals surface area contributed by atoms with E-state index in [9.17, 15) is 19.5 Å². The summed E-state index contributed by atoms with van der Waals surface area (Å²) in [5, 5.41) is 15.4. The average Bonchev–Trinajstić information content (AvgIpc) is 3.22. The van der Waals surface area contributed by atoms with Gasteiger partial charge in [0.2, 0.25) is 11.8 Å². The van der Waals surface area contributed by atoms with Gasteiger partial charge in [0.1, 0.15) is 11.8 Å². The highest BCUT2D eigenvalue weighted by Gasteiger charge is 2.47. The van der Waals surface area contributed by atoms with E-state index in [4.69, 9.17) is 4.52 Å². The van der Waals surface area contributed by atoms with Crippen LogP contribution in [0.25, 0.3) is 0 Å². The van der Waals surface area contributed by atoms with E-state index in [-0.39, 0.29) is 29.5 Å². The van der Waals surface area contributed by atoms with Crippen molar-refractivity contribution in [2.45, 2.75) is 63.3 Å². The molecule has 4 atom stereocenters. The van der Waals surface area contributed by atoms with Gasteiger partial charge in [-0.25, -0.2) is 4.79 Å². The van der Waals surface area contributed by atoms with Crippen LogP contribution in [-0.4, -0.2) is 56.0 Å². The van der Waals surface area contributed by atoms with E-state index in [0.29, 0.717) is 18.0 Å².